The minimum Gasteiger partial charge on any atom is -0.299 e. The third-order valence-corrected chi connectivity index (χ3v) is 4.03. The first-order valence-electron chi connectivity index (χ1n) is 4.33. The second-order valence-corrected chi connectivity index (χ2v) is 4.88. The molecule has 0 aromatic carbocycles. The highest BCUT2D eigenvalue weighted by molar-refractivity contribution is 5.87. The molecule has 1 nitrogen and oxygen atoms in total. The number of carbonyl (C=O) groups excluding carboxylic acids is 1. The number of hydrogen-bond acceptors (Lipinski definition) is 1. The third-order valence-electron chi connectivity index (χ3n) is 4.03. The van der Waals surface area contributed by atoms with E-state index in [1.165, 1.54) is 0 Å². The molecule has 1 aliphatic carbocycles. The van der Waals surface area contributed by atoms with Gasteiger partial charge in [0.1, 0.15) is 5.78 Å². The summed E-state index contributed by atoms with van der Waals surface area (Å²) in [5.74, 6) is 0.958. The van der Waals surface area contributed by atoms with Crippen LogP contribution in [-0.4, -0.2) is 5.78 Å². The minimum absolute atomic E-state index is 0.119. The zero-order valence-corrected chi connectivity index (χ0v) is 8.19. The first-order chi connectivity index (χ1) is 4.80. The molecule has 1 unspecified atom stereocenters. The number of hydrogen-bond donors (Lipinski definition) is 0. The molecule has 0 amide bonds. The van der Waals surface area contributed by atoms with Gasteiger partial charge in [-0.1, -0.05) is 34.6 Å². The lowest BCUT2D eigenvalue weighted by Gasteiger charge is -2.36. The van der Waals surface area contributed by atoms with Crippen LogP contribution in [0.4, 0.5) is 0 Å². The van der Waals surface area contributed by atoms with Crippen LogP contribution < -0.4 is 0 Å². The van der Waals surface area contributed by atoms with Gasteiger partial charge < -0.3 is 0 Å². The predicted molar refractivity (Wildman–Crippen MR) is 46.4 cm³/mol. The maximum absolute atomic E-state index is 11.5. The molecule has 0 N–H and O–H groups in total. The third kappa shape index (κ3) is 0.935. The summed E-state index contributed by atoms with van der Waals surface area (Å²) in [6.45, 7) is 10.7. The second kappa shape index (κ2) is 2.09. The lowest BCUT2D eigenvalue weighted by atomic mass is 9.67. The summed E-state index contributed by atoms with van der Waals surface area (Å²) in [6.07, 6.45) is 0.764. The molecule has 1 fully saturated rings. The van der Waals surface area contributed by atoms with E-state index >= 15 is 0 Å². The standard InChI is InChI=1S/C10H18O/c1-7-6-8(11)10(4,5)9(7,2)3/h7H,6H2,1-5H3. The summed E-state index contributed by atoms with van der Waals surface area (Å²) in [7, 11) is 0. The smallest absolute Gasteiger partial charge is 0.139 e. The zero-order valence-electron chi connectivity index (χ0n) is 8.19. The number of carbonyl (C=O) groups is 1. The van der Waals surface area contributed by atoms with Crippen LogP contribution in [0, 0.1) is 16.7 Å². The van der Waals surface area contributed by atoms with Gasteiger partial charge in [-0.15, -0.1) is 0 Å². The van der Waals surface area contributed by atoms with Gasteiger partial charge in [0.05, 0.1) is 0 Å². The number of rotatable bonds is 0. The maximum atomic E-state index is 11.5. The summed E-state index contributed by atoms with van der Waals surface area (Å²) in [5.41, 5.74) is 0.0521. The van der Waals surface area contributed by atoms with Crippen LogP contribution in [0.25, 0.3) is 0 Å². The molecule has 0 aromatic heterocycles. The van der Waals surface area contributed by atoms with E-state index in [0.717, 1.165) is 6.42 Å². The highest BCUT2D eigenvalue weighted by Crippen LogP contribution is 2.52. The summed E-state index contributed by atoms with van der Waals surface area (Å²) in [6, 6.07) is 0. The van der Waals surface area contributed by atoms with E-state index in [4.69, 9.17) is 0 Å². The Morgan fingerprint density at radius 3 is 1.82 bits per heavy atom. The molecule has 11 heavy (non-hydrogen) atoms. The van der Waals surface area contributed by atoms with Crippen molar-refractivity contribution in [2.24, 2.45) is 16.7 Å². The summed E-state index contributed by atoms with van der Waals surface area (Å²) < 4.78 is 0. The van der Waals surface area contributed by atoms with Crippen molar-refractivity contribution in [2.75, 3.05) is 0 Å². The Hall–Kier alpha value is -0.330. The quantitative estimate of drug-likeness (QED) is 0.524. The van der Waals surface area contributed by atoms with Crippen LogP contribution >= 0.6 is 0 Å². The molecule has 0 bridgehead atoms. The Kier molecular flexibility index (Phi) is 1.66. The van der Waals surface area contributed by atoms with Gasteiger partial charge in [-0.2, -0.15) is 0 Å². The largest absolute Gasteiger partial charge is 0.299 e. The van der Waals surface area contributed by atoms with Crippen LogP contribution in [0.15, 0.2) is 0 Å². The molecule has 1 rings (SSSR count). The zero-order chi connectivity index (χ0) is 8.86. The average Bonchev–Trinajstić information content (AvgIpc) is 1.95. The van der Waals surface area contributed by atoms with E-state index in [2.05, 4.69) is 34.6 Å². The fourth-order valence-corrected chi connectivity index (χ4v) is 1.76. The van der Waals surface area contributed by atoms with Gasteiger partial charge in [0.15, 0.2) is 0 Å². The lowest BCUT2D eigenvalue weighted by Crippen LogP contribution is -2.34. The molecule has 1 aliphatic rings. The highest BCUT2D eigenvalue weighted by atomic mass is 16.1. The molecule has 1 saturated carbocycles. The summed E-state index contributed by atoms with van der Waals surface area (Å²) in [5, 5.41) is 0. The monoisotopic (exact) mass is 154 g/mol. The molecular weight excluding hydrogens is 136 g/mol. The van der Waals surface area contributed by atoms with Crippen molar-refractivity contribution < 1.29 is 4.79 Å². The van der Waals surface area contributed by atoms with E-state index in [0.29, 0.717) is 11.7 Å². The Morgan fingerprint density at radius 2 is 1.73 bits per heavy atom. The Bertz CT molecular complexity index is 189. The maximum Gasteiger partial charge on any atom is 0.139 e. The van der Waals surface area contributed by atoms with Gasteiger partial charge in [0.2, 0.25) is 0 Å². The molecule has 64 valence electrons. The Morgan fingerprint density at radius 1 is 1.27 bits per heavy atom. The topological polar surface area (TPSA) is 17.1 Å². The fraction of sp³-hybridized carbons (Fsp3) is 0.900. The minimum atomic E-state index is -0.119. The van der Waals surface area contributed by atoms with Crippen molar-refractivity contribution in [1.82, 2.24) is 0 Å². The van der Waals surface area contributed by atoms with Crippen LogP contribution in [-0.2, 0) is 4.79 Å². The summed E-state index contributed by atoms with van der Waals surface area (Å²) >= 11 is 0. The van der Waals surface area contributed by atoms with Gasteiger partial charge in [-0.25, -0.2) is 0 Å². The molecule has 0 saturated heterocycles. The first kappa shape index (κ1) is 8.76. The molecule has 1 heteroatoms. The van der Waals surface area contributed by atoms with Crippen molar-refractivity contribution >= 4 is 5.78 Å². The van der Waals surface area contributed by atoms with Gasteiger partial charge in [0.25, 0.3) is 0 Å². The van der Waals surface area contributed by atoms with Crippen LogP contribution in [0.2, 0.25) is 0 Å². The highest BCUT2D eigenvalue weighted by Gasteiger charge is 2.52. The van der Waals surface area contributed by atoms with Crippen LogP contribution in [0.1, 0.15) is 41.0 Å². The fourth-order valence-electron chi connectivity index (χ4n) is 1.76. The van der Waals surface area contributed by atoms with Crippen molar-refractivity contribution in [3.8, 4) is 0 Å². The summed E-state index contributed by atoms with van der Waals surface area (Å²) in [4.78, 5) is 11.5. The van der Waals surface area contributed by atoms with Crippen molar-refractivity contribution in [3.05, 3.63) is 0 Å². The van der Waals surface area contributed by atoms with E-state index in [-0.39, 0.29) is 10.8 Å². The molecule has 0 spiro atoms. The average molecular weight is 154 g/mol. The van der Waals surface area contributed by atoms with Crippen molar-refractivity contribution in [2.45, 2.75) is 41.0 Å². The van der Waals surface area contributed by atoms with E-state index < -0.39 is 0 Å². The molecule has 1 atom stereocenters. The van der Waals surface area contributed by atoms with Gasteiger partial charge in [-0.05, 0) is 11.3 Å². The van der Waals surface area contributed by atoms with Gasteiger partial charge in [0, 0.05) is 11.8 Å². The van der Waals surface area contributed by atoms with Crippen LogP contribution in [0.5, 0.6) is 0 Å². The number of ketones is 1. The Balaban J connectivity index is 3.04. The first-order valence-corrected chi connectivity index (χ1v) is 4.33. The van der Waals surface area contributed by atoms with E-state index in [1.807, 2.05) is 0 Å². The Labute approximate surface area is 69.2 Å². The van der Waals surface area contributed by atoms with E-state index in [9.17, 15) is 4.79 Å². The lowest BCUT2D eigenvalue weighted by molar-refractivity contribution is -0.127. The molecule has 0 heterocycles. The normalized spacial score (nSPS) is 34.3. The second-order valence-electron chi connectivity index (χ2n) is 4.88. The van der Waals surface area contributed by atoms with E-state index in [1.54, 1.807) is 0 Å². The number of Topliss-reactive ketones (excluding diaryl/α,β-unsaturated/α-hetero) is 1. The van der Waals surface area contributed by atoms with Gasteiger partial charge in [-0.3, -0.25) is 4.79 Å². The van der Waals surface area contributed by atoms with Crippen molar-refractivity contribution in [1.29, 1.82) is 0 Å². The van der Waals surface area contributed by atoms with Gasteiger partial charge >= 0.3 is 0 Å². The molecule has 0 radical (unpaired) electrons. The molecule has 0 aliphatic heterocycles. The predicted octanol–water partition coefficient (Wildman–Crippen LogP) is 2.65. The SMILES string of the molecule is CC1CC(=O)C(C)(C)C1(C)C. The van der Waals surface area contributed by atoms with Crippen molar-refractivity contribution in [3.63, 3.8) is 0 Å². The van der Waals surface area contributed by atoms with Crippen LogP contribution in [0.3, 0.4) is 0 Å². The molecule has 0 aromatic rings. The molecular formula is C10H18O.